The topological polar surface area (TPSA) is 106 Å². The van der Waals surface area contributed by atoms with E-state index in [0.29, 0.717) is 11.8 Å². The fraction of sp³-hybridized carbons (Fsp3) is 0.667. The molecule has 6 nitrogen and oxygen atoms in total. The van der Waals surface area contributed by atoms with Gasteiger partial charge in [-0.1, -0.05) is 20.8 Å². The maximum Gasteiger partial charge on any atom is 0.373 e. The molecule has 0 bridgehead atoms. The largest absolute Gasteiger partial charge is 0.481 e. The second kappa shape index (κ2) is 14.7. The number of carboxylic acid groups (broad SMARTS) is 1. The fourth-order valence-electron chi connectivity index (χ4n) is 0.511. The van der Waals surface area contributed by atoms with Gasteiger partial charge in [-0.05, 0) is 11.8 Å². The second-order valence-electron chi connectivity index (χ2n) is 2.99. The fourth-order valence-corrected chi connectivity index (χ4v) is 0.511. The quantitative estimate of drug-likeness (QED) is 0.742. The van der Waals surface area contributed by atoms with Gasteiger partial charge in [-0.3, -0.25) is 4.79 Å². The van der Waals surface area contributed by atoms with Gasteiger partial charge in [0.05, 0.1) is 0 Å². The highest BCUT2D eigenvalue weighted by atomic mass is 16.4. The Kier molecular flexibility index (Phi) is 18.6. The first kappa shape index (κ1) is 18.9. The number of rotatable bonds is 3. The Hall–Kier alpha value is -1.77. The molecule has 0 rings (SSSR count). The average Bonchev–Trinajstić information content (AvgIpc) is 2.05. The van der Waals surface area contributed by atoms with E-state index in [-0.39, 0.29) is 18.7 Å². The minimum absolute atomic E-state index is 0.250. The first-order chi connectivity index (χ1) is 6.87. The van der Waals surface area contributed by atoms with E-state index in [1.807, 2.05) is 20.8 Å². The van der Waals surface area contributed by atoms with Crippen molar-refractivity contribution in [2.75, 3.05) is 0 Å². The smallest absolute Gasteiger partial charge is 0.373 e. The molecule has 0 aliphatic heterocycles. The van der Waals surface area contributed by atoms with Crippen LogP contribution in [0.15, 0.2) is 0 Å². The van der Waals surface area contributed by atoms with Gasteiger partial charge in [-0.15, -0.1) is 0 Å². The highest BCUT2D eigenvalue weighted by Crippen LogP contribution is 2.12. The van der Waals surface area contributed by atoms with E-state index in [9.17, 15) is 4.79 Å². The van der Waals surface area contributed by atoms with Gasteiger partial charge in [0.1, 0.15) is 0 Å². The SMILES string of the molecule is CC(C)[C@H](C)CC(=O)O.O=C=O.O=C=O. The Bertz CT molecular complexity index is 209. The molecule has 0 fully saturated rings. The van der Waals surface area contributed by atoms with Crippen molar-refractivity contribution < 1.29 is 29.1 Å². The molecule has 0 saturated heterocycles. The van der Waals surface area contributed by atoms with E-state index in [1.54, 1.807) is 0 Å². The maximum absolute atomic E-state index is 10.1. The van der Waals surface area contributed by atoms with Crippen molar-refractivity contribution in [3.63, 3.8) is 0 Å². The molecule has 0 aromatic carbocycles. The van der Waals surface area contributed by atoms with Crippen LogP contribution in [0.25, 0.3) is 0 Å². The summed E-state index contributed by atoms with van der Waals surface area (Å²) in [5.74, 6) is 0.0693. The minimum atomic E-state index is -0.698. The summed E-state index contributed by atoms with van der Waals surface area (Å²) in [6.07, 6.45) is 0.789. The lowest BCUT2D eigenvalue weighted by Gasteiger charge is -2.11. The molecule has 1 N–H and O–H groups in total. The first-order valence-corrected chi connectivity index (χ1v) is 4.07. The molecule has 0 aromatic rings. The van der Waals surface area contributed by atoms with Gasteiger partial charge in [0.2, 0.25) is 0 Å². The van der Waals surface area contributed by atoms with Crippen molar-refractivity contribution in [2.45, 2.75) is 27.2 Å². The zero-order chi connectivity index (χ0) is 12.9. The Morgan fingerprint density at radius 3 is 1.40 bits per heavy atom. The zero-order valence-electron chi connectivity index (χ0n) is 8.85. The summed E-state index contributed by atoms with van der Waals surface area (Å²) in [4.78, 5) is 42.6. The second-order valence-corrected chi connectivity index (χ2v) is 2.99. The molecule has 0 unspecified atom stereocenters. The van der Waals surface area contributed by atoms with Crippen LogP contribution in [0.2, 0.25) is 0 Å². The highest BCUT2D eigenvalue weighted by molar-refractivity contribution is 5.66. The normalized spacial score (nSPS) is 9.33. The zero-order valence-corrected chi connectivity index (χ0v) is 8.85. The third kappa shape index (κ3) is 33.0. The van der Waals surface area contributed by atoms with E-state index in [2.05, 4.69) is 0 Å². The molecule has 0 aliphatic rings. The lowest BCUT2D eigenvalue weighted by Crippen LogP contribution is -2.09. The minimum Gasteiger partial charge on any atom is -0.481 e. The number of carbonyl (C=O) groups excluding carboxylic acids is 4. The number of hydrogen-bond donors (Lipinski definition) is 1. The van der Waals surface area contributed by atoms with Gasteiger partial charge < -0.3 is 5.11 Å². The summed E-state index contributed by atoms with van der Waals surface area (Å²) in [5.41, 5.74) is 0. The predicted molar refractivity (Wildman–Crippen MR) is 46.3 cm³/mol. The summed E-state index contributed by atoms with van der Waals surface area (Å²) in [6, 6.07) is 0. The Morgan fingerprint density at radius 2 is 1.33 bits per heavy atom. The molecule has 86 valence electrons. The molecule has 1 atom stereocenters. The average molecular weight is 218 g/mol. The Labute approximate surface area is 87.3 Å². The Morgan fingerprint density at radius 1 is 1.07 bits per heavy atom. The summed E-state index contributed by atoms with van der Waals surface area (Å²) in [6.45, 7) is 6.03. The van der Waals surface area contributed by atoms with Crippen LogP contribution < -0.4 is 0 Å². The number of hydrogen-bond acceptors (Lipinski definition) is 5. The van der Waals surface area contributed by atoms with Gasteiger partial charge >= 0.3 is 18.3 Å². The molecule has 0 heterocycles. The Balaban J connectivity index is -0.000000200. The van der Waals surface area contributed by atoms with Crippen LogP contribution in [-0.2, 0) is 24.0 Å². The summed E-state index contributed by atoms with van der Waals surface area (Å²) in [7, 11) is 0. The van der Waals surface area contributed by atoms with E-state index < -0.39 is 5.97 Å². The van der Waals surface area contributed by atoms with E-state index >= 15 is 0 Å². The summed E-state index contributed by atoms with van der Waals surface area (Å²) < 4.78 is 0. The van der Waals surface area contributed by atoms with Gasteiger partial charge in [0.25, 0.3) is 0 Å². The van der Waals surface area contributed by atoms with Crippen LogP contribution in [0.4, 0.5) is 0 Å². The van der Waals surface area contributed by atoms with Crippen molar-refractivity contribution >= 4 is 18.3 Å². The van der Waals surface area contributed by atoms with E-state index in [0.717, 1.165) is 0 Å². The first-order valence-electron chi connectivity index (χ1n) is 4.07. The van der Waals surface area contributed by atoms with Crippen molar-refractivity contribution in [1.29, 1.82) is 0 Å². The molecular formula is C9H14O6. The van der Waals surface area contributed by atoms with Crippen LogP contribution in [0.1, 0.15) is 27.2 Å². The third-order valence-corrected chi connectivity index (χ3v) is 1.63. The monoisotopic (exact) mass is 218 g/mol. The molecule has 0 aromatic heterocycles. The highest BCUT2D eigenvalue weighted by Gasteiger charge is 2.10. The van der Waals surface area contributed by atoms with Crippen molar-refractivity contribution in [2.24, 2.45) is 11.8 Å². The third-order valence-electron chi connectivity index (χ3n) is 1.63. The van der Waals surface area contributed by atoms with Crippen molar-refractivity contribution in [1.82, 2.24) is 0 Å². The lowest BCUT2D eigenvalue weighted by atomic mass is 9.95. The molecule has 0 radical (unpaired) electrons. The van der Waals surface area contributed by atoms with Crippen molar-refractivity contribution in [3.05, 3.63) is 0 Å². The molecule has 0 spiro atoms. The molecule has 0 amide bonds. The number of carbonyl (C=O) groups is 1. The predicted octanol–water partition coefficient (Wildman–Crippen LogP) is 0.586. The van der Waals surface area contributed by atoms with Crippen LogP contribution in [0, 0.1) is 11.8 Å². The van der Waals surface area contributed by atoms with E-state index in [4.69, 9.17) is 24.3 Å². The van der Waals surface area contributed by atoms with Crippen LogP contribution in [0.3, 0.4) is 0 Å². The molecule has 0 aliphatic carbocycles. The summed E-state index contributed by atoms with van der Waals surface area (Å²) >= 11 is 0. The van der Waals surface area contributed by atoms with Gasteiger partial charge in [0, 0.05) is 6.42 Å². The van der Waals surface area contributed by atoms with Gasteiger partial charge in [-0.2, -0.15) is 19.2 Å². The maximum atomic E-state index is 10.1. The standard InChI is InChI=1S/C7H14O2.2CO2/c1-5(2)6(3)4-7(8)9;2*2-1-3/h5-6H,4H2,1-3H3,(H,8,9);;/t6-;;/m1../s1. The van der Waals surface area contributed by atoms with E-state index in [1.165, 1.54) is 0 Å². The number of carboxylic acids is 1. The lowest BCUT2D eigenvalue weighted by molar-refractivity contribution is -0.193. The molecule has 0 saturated carbocycles. The van der Waals surface area contributed by atoms with Crippen LogP contribution in [-0.4, -0.2) is 23.4 Å². The van der Waals surface area contributed by atoms with Crippen LogP contribution in [0.5, 0.6) is 0 Å². The molecular weight excluding hydrogens is 204 g/mol. The van der Waals surface area contributed by atoms with Gasteiger partial charge in [-0.25, -0.2) is 0 Å². The number of aliphatic carboxylic acids is 1. The molecule has 15 heavy (non-hydrogen) atoms. The molecule has 6 heteroatoms. The van der Waals surface area contributed by atoms with Crippen molar-refractivity contribution in [3.8, 4) is 0 Å². The van der Waals surface area contributed by atoms with Gasteiger partial charge in [0.15, 0.2) is 0 Å². The summed E-state index contributed by atoms with van der Waals surface area (Å²) in [5, 5.41) is 8.33. The van der Waals surface area contributed by atoms with Crippen LogP contribution >= 0.6 is 0 Å².